The van der Waals surface area contributed by atoms with Gasteiger partial charge in [-0.25, -0.2) is 8.42 Å². The second kappa shape index (κ2) is 5.90. The molecule has 3 rings (SSSR count). The van der Waals surface area contributed by atoms with E-state index in [1.165, 1.54) is 0 Å². The molecule has 1 aromatic rings. The molecule has 21 heavy (non-hydrogen) atoms. The summed E-state index contributed by atoms with van der Waals surface area (Å²) in [5, 5.41) is -0.238. The van der Waals surface area contributed by atoms with Crippen LogP contribution >= 0.6 is 0 Å². The van der Waals surface area contributed by atoms with Gasteiger partial charge in [0.25, 0.3) is 0 Å². The molecule has 6 nitrogen and oxygen atoms in total. The first kappa shape index (κ1) is 14.7. The zero-order chi connectivity index (χ0) is 14.9. The van der Waals surface area contributed by atoms with Gasteiger partial charge in [-0.15, -0.1) is 0 Å². The summed E-state index contributed by atoms with van der Waals surface area (Å²) in [6.07, 6.45) is 4.94. The molecule has 1 aliphatic carbocycles. The normalized spacial score (nSPS) is 22.0. The molecule has 2 heterocycles. The first-order valence-corrected chi connectivity index (χ1v) is 8.92. The van der Waals surface area contributed by atoms with E-state index in [-0.39, 0.29) is 11.3 Å². The molecule has 0 bridgehead atoms. The van der Waals surface area contributed by atoms with Crippen molar-refractivity contribution in [1.29, 1.82) is 0 Å². The Bertz CT molecular complexity index is 595. The van der Waals surface area contributed by atoms with E-state index in [2.05, 4.69) is 9.71 Å². The number of sulfonamides is 1. The van der Waals surface area contributed by atoms with Gasteiger partial charge in [-0.3, -0.25) is 9.71 Å². The van der Waals surface area contributed by atoms with E-state index < -0.39 is 10.0 Å². The number of ether oxygens (including phenoxy) is 1. The quantitative estimate of drug-likeness (QED) is 0.857. The zero-order valence-corrected chi connectivity index (χ0v) is 12.7. The van der Waals surface area contributed by atoms with Crippen molar-refractivity contribution in [2.24, 2.45) is 11.7 Å². The van der Waals surface area contributed by atoms with Gasteiger partial charge in [0.05, 0.1) is 22.7 Å². The van der Waals surface area contributed by atoms with Crippen LogP contribution in [0, 0.1) is 5.92 Å². The predicted molar refractivity (Wildman–Crippen MR) is 80.3 cm³/mol. The first-order valence-electron chi connectivity index (χ1n) is 7.37. The highest BCUT2D eigenvalue weighted by Crippen LogP contribution is 2.31. The summed E-state index contributed by atoms with van der Waals surface area (Å²) in [6, 6.07) is 3.24. The van der Waals surface area contributed by atoms with Crippen LogP contribution in [-0.2, 0) is 14.8 Å². The minimum atomic E-state index is -3.25. The van der Waals surface area contributed by atoms with Crippen LogP contribution in [0.5, 0.6) is 0 Å². The summed E-state index contributed by atoms with van der Waals surface area (Å²) in [7, 11) is -3.25. The molecule has 0 aromatic carbocycles. The molecule has 0 spiro atoms. The van der Waals surface area contributed by atoms with E-state index in [9.17, 15) is 8.42 Å². The smallest absolute Gasteiger partial charge is 0.235 e. The second-order valence-corrected chi connectivity index (χ2v) is 7.75. The summed E-state index contributed by atoms with van der Waals surface area (Å²) in [5.74, 6) is 0.335. The molecule has 7 heteroatoms. The average Bonchev–Trinajstić information content (AvgIpc) is 3.32. The third kappa shape index (κ3) is 3.53. The van der Waals surface area contributed by atoms with Crippen LogP contribution < -0.4 is 10.5 Å². The molecule has 2 fully saturated rings. The summed E-state index contributed by atoms with van der Waals surface area (Å²) >= 11 is 0. The van der Waals surface area contributed by atoms with Gasteiger partial charge in [0.2, 0.25) is 10.0 Å². The van der Waals surface area contributed by atoms with Crippen molar-refractivity contribution >= 4 is 15.7 Å². The number of nitrogens with one attached hydrogen (secondary N) is 1. The topological polar surface area (TPSA) is 94.3 Å². The molecule has 2 aliphatic rings. The van der Waals surface area contributed by atoms with Crippen molar-refractivity contribution in [3.05, 3.63) is 24.0 Å². The van der Waals surface area contributed by atoms with Gasteiger partial charge in [0.1, 0.15) is 0 Å². The molecule has 3 N–H and O–H groups in total. The van der Waals surface area contributed by atoms with Crippen LogP contribution in [0.1, 0.15) is 37.4 Å². The number of hydrogen-bond donors (Lipinski definition) is 2. The number of nitrogens with two attached hydrogens (primary N) is 1. The van der Waals surface area contributed by atoms with Crippen LogP contribution in [0.4, 0.5) is 5.69 Å². The number of pyridine rings is 1. The molecule has 1 saturated carbocycles. The number of anilines is 1. The summed E-state index contributed by atoms with van der Waals surface area (Å²) in [5.41, 5.74) is 7.56. The summed E-state index contributed by atoms with van der Waals surface area (Å²) in [4.78, 5) is 4.30. The molecule has 0 radical (unpaired) electrons. The Kier molecular flexibility index (Phi) is 4.14. The van der Waals surface area contributed by atoms with Crippen molar-refractivity contribution in [3.63, 3.8) is 0 Å². The minimum Gasteiger partial charge on any atom is -0.381 e. The zero-order valence-electron chi connectivity index (χ0n) is 11.9. The van der Waals surface area contributed by atoms with Crippen LogP contribution in [-0.4, -0.2) is 31.9 Å². The average molecular weight is 311 g/mol. The fourth-order valence-corrected chi connectivity index (χ4v) is 4.02. The monoisotopic (exact) mass is 311 g/mol. The third-order valence-electron chi connectivity index (χ3n) is 4.12. The Balaban J connectivity index is 1.73. The maximum Gasteiger partial charge on any atom is 0.235 e. The van der Waals surface area contributed by atoms with Crippen LogP contribution in [0.15, 0.2) is 18.3 Å². The van der Waals surface area contributed by atoms with Crippen molar-refractivity contribution in [1.82, 2.24) is 4.98 Å². The van der Waals surface area contributed by atoms with Gasteiger partial charge < -0.3 is 10.5 Å². The molecular weight excluding hydrogens is 290 g/mol. The molecule has 116 valence electrons. The van der Waals surface area contributed by atoms with Crippen LogP contribution in [0.3, 0.4) is 0 Å². The van der Waals surface area contributed by atoms with E-state index in [4.69, 9.17) is 10.5 Å². The standard InChI is InChI=1S/C14H21N3O3S/c15-14(10-4-7-20-8-5-10)13-9-11(3-6-16-13)17-21(18,19)12-1-2-12/h3,6,9-10,12,14H,1-2,4-5,7-8,15H2,(H,16,17). The van der Waals surface area contributed by atoms with Gasteiger partial charge >= 0.3 is 0 Å². The van der Waals surface area contributed by atoms with E-state index >= 15 is 0 Å². The molecule has 0 amide bonds. The maximum absolute atomic E-state index is 12.0. The van der Waals surface area contributed by atoms with Crippen molar-refractivity contribution < 1.29 is 13.2 Å². The number of rotatable bonds is 5. The Labute approximate surface area is 125 Å². The lowest BCUT2D eigenvalue weighted by Gasteiger charge is -2.27. The SMILES string of the molecule is NC(c1cc(NS(=O)(=O)C2CC2)ccn1)C1CCOCC1. The number of aromatic nitrogens is 1. The molecule has 1 unspecified atom stereocenters. The maximum atomic E-state index is 12.0. The van der Waals surface area contributed by atoms with Crippen LogP contribution in [0.25, 0.3) is 0 Å². The van der Waals surface area contributed by atoms with Gasteiger partial charge in [0.15, 0.2) is 0 Å². The van der Waals surface area contributed by atoms with E-state index in [0.29, 0.717) is 11.6 Å². The Hall–Kier alpha value is -1.18. The van der Waals surface area contributed by atoms with Gasteiger partial charge in [-0.2, -0.15) is 0 Å². The Morgan fingerprint density at radius 1 is 1.29 bits per heavy atom. The highest BCUT2D eigenvalue weighted by Gasteiger charge is 2.35. The predicted octanol–water partition coefficient (Wildman–Crippen LogP) is 1.41. The molecular formula is C14H21N3O3S. The third-order valence-corrected chi connectivity index (χ3v) is 5.99. The van der Waals surface area contributed by atoms with Crippen molar-refractivity contribution in [2.45, 2.75) is 37.0 Å². The van der Waals surface area contributed by atoms with E-state index in [1.54, 1.807) is 18.3 Å². The largest absolute Gasteiger partial charge is 0.381 e. The van der Waals surface area contributed by atoms with Gasteiger partial charge in [0, 0.05) is 19.4 Å². The first-order chi connectivity index (χ1) is 10.1. The summed E-state index contributed by atoms with van der Waals surface area (Å²) < 4.78 is 31.9. The lowest BCUT2D eigenvalue weighted by molar-refractivity contribution is 0.0579. The second-order valence-electron chi connectivity index (χ2n) is 5.79. The Morgan fingerprint density at radius 3 is 2.67 bits per heavy atom. The fourth-order valence-electron chi connectivity index (χ4n) is 2.64. The number of hydrogen-bond acceptors (Lipinski definition) is 5. The Morgan fingerprint density at radius 2 is 2.00 bits per heavy atom. The van der Waals surface area contributed by atoms with Crippen molar-refractivity contribution in [2.75, 3.05) is 17.9 Å². The fraction of sp³-hybridized carbons (Fsp3) is 0.643. The summed E-state index contributed by atoms with van der Waals surface area (Å²) in [6.45, 7) is 1.46. The highest BCUT2D eigenvalue weighted by atomic mass is 32.2. The molecule has 1 aromatic heterocycles. The number of nitrogens with zero attached hydrogens (tertiary/aromatic N) is 1. The molecule has 1 atom stereocenters. The lowest BCUT2D eigenvalue weighted by Crippen LogP contribution is -2.28. The van der Waals surface area contributed by atoms with E-state index in [0.717, 1.165) is 44.6 Å². The minimum absolute atomic E-state index is 0.181. The van der Waals surface area contributed by atoms with E-state index in [1.807, 2.05) is 0 Å². The van der Waals surface area contributed by atoms with Gasteiger partial charge in [-0.05, 0) is 43.7 Å². The van der Waals surface area contributed by atoms with Gasteiger partial charge in [-0.1, -0.05) is 0 Å². The van der Waals surface area contributed by atoms with Crippen molar-refractivity contribution in [3.8, 4) is 0 Å². The lowest BCUT2D eigenvalue weighted by atomic mass is 9.90. The molecule has 1 aliphatic heterocycles. The van der Waals surface area contributed by atoms with Crippen LogP contribution in [0.2, 0.25) is 0 Å². The molecule has 1 saturated heterocycles. The highest BCUT2D eigenvalue weighted by molar-refractivity contribution is 7.93.